The van der Waals surface area contributed by atoms with Gasteiger partial charge in [0.1, 0.15) is 5.76 Å². The van der Waals surface area contributed by atoms with Gasteiger partial charge in [0.05, 0.1) is 24.1 Å². The molecule has 3 rings (SSSR count). The predicted molar refractivity (Wildman–Crippen MR) is 83.2 cm³/mol. The zero-order valence-electron chi connectivity index (χ0n) is 13.3. The molecule has 1 fully saturated rings. The maximum absolute atomic E-state index is 12.0. The molecule has 0 radical (unpaired) electrons. The first-order valence-corrected chi connectivity index (χ1v) is 7.79. The molecule has 23 heavy (non-hydrogen) atoms. The van der Waals surface area contributed by atoms with E-state index in [1.54, 1.807) is 19.3 Å². The summed E-state index contributed by atoms with van der Waals surface area (Å²) >= 11 is 0. The summed E-state index contributed by atoms with van der Waals surface area (Å²) in [6, 6.07) is 1.60. The van der Waals surface area contributed by atoms with E-state index in [2.05, 4.69) is 15.5 Å². The normalized spacial score (nSPS) is 14.0. The number of aromatic nitrogens is 3. The van der Waals surface area contributed by atoms with Crippen LogP contribution >= 0.6 is 0 Å². The van der Waals surface area contributed by atoms with E-state index in [0.717, 1.165) is 29.8 Å². The van der Waals surface area contributed by atoms with Gasteiger partial charge in [-0.25, -0.2) is 4.98 Å². The molecule has 2 heterocycles. The third-order valence-corrected chi connectivity index (χ3v) is 4.09. The highest BCUT2D eigenvalue weighted by molar-refractivity contribution is 5.78. The molecule has 2 aromatic heterocycles. The lowest BCUT2D eigenvalue weighted by atomic mass is 10.1. The second-order valence-corrected chi connectivity index (χ2v) is 5.95. The third kappa shape index (κ3) is 3.67. The largest absolute Gasteiger partial charge is 0.361 e. The highest BCUT2D eigenvalue weighted by atomic mass is 16.5. The lowest BCUT2D eigenvalue weighted by Crippen LogP contribution is -2.32. The fourth-order valence-electron chi connectivity index (χ4n) is 2.50. The predicted octanol–water partition coefficient (Wildman–Crippen LogP) is 1.08. The number of rotatable bonds is 6. The van der Waals surface area contributed by atoms with Gasteiger partial charge in [0, 0.05) is 30.6 Å². The molecule has 1 amide bonds. The molecule has 1 saturated carbocycles. The van der Waals surface area contributed by atoms with Crippen LogP contribution in [0.4, 0.5) is 0 Å². The van der Waals surface area contributed by atoms with Crippen molar-refractivity contribution in [3.8, 4) is 0 Å². The summed E-state index contributed by atoms with van der Waals surface area (Å²) in [5.74, 6) is 1.01. The van der Waals surface area contributed by atoms with Crippen LogP contribution in [0.25, 0.3) is 0 Å². The number of carbonyl (C=O) groups excluding carboxylic acids is 1. The van der Waals surface area contributed by atoms with Gasteiger partial charge in [-0.2, -0.15) is 0 Å². The lowest BCUT2D eigenvalue weighted by molar-refractivity contribution is -0.120. The average molecular weight is 316 g/mol. The molecule has 0 aliphatic heterocycles. The molecule has 7 nitrogen and oxygen atoms in total. The van der Waals surface area contributed by atoms with Crippen LogP contribution in [0, 0.1) is 13.8 Å². The number of hydrogen-bond acceptors (Lipinski definition) is 5. The smallest absolute Gasteiger partial charge is 0.253 e. The molecular weight excluding hydrogens is 296 g/mol. The fourth-order valence-corrected chi connectivity index (χ4v) is 2.50. The van der Waals surface area contributed by atoms with Crippen LogP contribution in [0.2, 0.25) is 0 Å². The van der Waals surface area contributed by atoms with Gasteiger partial charge in [0.2, 0.25) is 5.91 Å². The molecular formula is C16H20N4O3. The standard InChI is InChI=1S/C16H20N4O3/c1-10-13(11(2)23-19-10)7-15(21)17-5-6-20-9-18-14(8-16(20)22)12-3-4-12/h8-9,12H,3-7H2,1-2H3,(H,17,21). The van der Waals surface area contributed by atoms with E-state index in [0.29, 0.717) is 24.8 Å². The first-order valence-electron chi connectivity index (χ1n) is 7.79. The first-order chi connectivity index (χ1) is 11.0. The number of hydrogen-bond donors (Lipinski definition) is 1. The quantitative estimate of drug-likeness (QED) is 0.861. The summed E-state index contributed by atoms with van der Waals surface area (Å²) in [6.45, 7) is 4.39. The Morgan fingerprint density at radius 1 is 1.43 bits per heavy atom. The Hall–Kier alpha value is -2.44. The van der Waals surface area contributed by atoms with Gasteiger partial charge in [-0.1, -0.05) is 5.16 Å². The Morgan fingerprint density at radius 2 is 2.22 bits per heavy atom. The minimum Gasteiger partial charge on any atom is -0.361 e. The SMILES string of the molecule is Cc1noc(C)c1CC(=O)NCCn1cnc(C2CC2)cc1=O. The maximum atomic E-state index is 12.0. The topological polar surface area (TPSA) is 90.0 Å². The van der Waals surface area contributed by atoms with Crippen LogP contribution in [-0.2, 0) is 17.8 Å². The van der Waals surface area contributed by atoms with Gasteiger partial charge >= 0.3 is 0 Å². The van der Waals surface area contributed by atoms with Crippen LogP contribution < -0.4 is 10.9 Å². The van der Waals surface area contributed by atoms with Crippen molar-refractivity contribution >= 4 is 5.91 Å². The van der Waals surface area contributed by atoms with Gasteiger partial charge in [-0.15, -0.1) is 0 Å². The Balaban J connectivity index is 1.51. The summed E-state index contributed by atoms with van der Waals surface area (Å²) in [7, 11) is 0. The number of carbonyl (C=O) groups is 1. The van der Waals surface area contributed by atoms with Crippen molar-refractivity contribution in [2.24, 2.45) is 0 Å². The van der Waals surface area contributed by atoms with E-state index in [1.165, 1.54) is 4.57 Å². The van der Waals surface area contributed by atoms with Crippen molar-refractivity contribution in [1.82, 2.24) is 20.0 Å². The molecule has 0 bridgehead atoms. The summed E-state index contributed by atoms with van der Waals surface area (Å²) in [6.07, 6.45) is 4.04. The molecule has 1 N–H and O–H groups in total. The van der Waals surface area contributed by atoms with E-state index in [-0.39, 0.29) is 17.9 Å². The van der Waals surface area contributed by atoms with Crippen molar-refractivity contribution in [2.75, 3.05) is 6.54 Å². The van der Waals surface area contributed by atoms with E-state index >= 15 is 0 Å². The maximum Gasteiger partial charge on any atom is 0.253 e. The molecule has 0 aromatic carbocycles. The zero-order chi connectivity index (χ0) is 16.4. The molecule has 1 aliphatic carbocycles. The molecule has 2 aromatic rings. The molecule has 0 saturated heterocycles. The number of nitrogens with zero attached hydrogens (tertiary/aromatic N) is 3. The molecule has 0 spiro atoms. The Labute approximate surface area is 133 Å². The van der Waals surface area contributed by atoms with Gasteiger partial charge in [0.15, 0.2) is 0 Å². The van der Waals surface area contributed by atoms with Crippen LogP contribution in [0.15, 0.2) is 21.7 Å². The van der Waals surface area contributed by atoms with Gasteiger partial charge in [-0.3, -0.25) is 14.2 Å². The summed E-state index contributed by atoms with van der Waals surface area (Å²) < 4.78 is 6.55. The number of amides is 1. The lowest BCUT2D eigenvalue weighted by Gasteiger charge is -2.08. The number of aryl methyl sites for hydroxylation is 2. The molecule has 0 atom stereocenters. The van der Waals surface area contributed by atoms with Gasteiger partial charge in [0.25, 0.3) is 5.56 Å². The molecule has 1 aliphatic rings. The van der Waals surface area contributed by atoms with E-state index in [9.17, 15) is 9.59 Å². The second-order valence-electron chi connectivity index (χ2n) is 5.95. The fraction of sp³-hybridized carbons (Fsp3) is 0.500. The van der Waals surface area contributed by atoms with Gasteiger partial charge < -0.3 is 9.84 Å². The van der Waals surface area contributed by atoms with Crippen LogP contribution in [0.1, 0.15) is 41.5 Å². The first kappa shape index (κ1) is 15.5. The van der Waals surface area contributed by atoms with Crippen LogP contribution in [0.3, 0.4) is 0 Å². The molecule has 7 heteroatoms. The Kier molecular flexibility index (Phi) is 4.27. The van der Waals surface area contributed by atoms with E-state index in [1.807, 2.05) is 6.92 Å². The van der Waals surface area contributed by atoms with Crippen LogP contribution in [-0.4, -0.2) is 27.2 Å². The van der Waals surface area contributed by atoms with Crippen molar-refractivity contribution in [1.29, 1.82) is 0 Å². The summed E-state index contributed by atoms with van der Waals surface area (Å²) in [5.41, 5.74) is 2.36. The average Bonchev–Trinajstić information content (AvgIpc) is 3.32. The van der Waals surface area contributed by atoms with Crippen molar-refractivity contribution in [3.63, 3.8) is 0 Å². The third-order valence-electron chi connectivity index (χ3n) is 4.09. The monoisotopic (exact) mass is 316 g/mol. The van der Waals surface area contributed by atoms with Gasteiger partial charge in [-0.05, 0) is 26.7 Å². The Morgan fingerprint density at radius 3 is 2.83 bits per heavy atom. The molecule has 0 unspecified atom stereocenters. The minimum atomic E-state index is -0.116. The van der Waals surface area contributed by atoms with E-state index < -0.39 is 0 Å². The summed E-state index contributed by atoms with van der Waals surface area (Å²) in [4.78, 5) is 28.3. The summed E-state index contributed by atoms with van der Waals surface area (Å²) in [5, 5.41) is 6.63. The van der Waals surface area contributed by atoms with E-state index in [4.69, 9.17) is 4.52 Å². The number of nitrogens with one attached hydrogen (secondary N) is 1. The van der Waals surface area contributed by atoms with Crippen molar-refractivity contribution < 1.29 is 9.32 Å². The van der Waals surface area contributed by atoms with Crippen LogP contribution in [0.5, 0.6) is 0 Å². The minimum absolute atomic E-state index is 0.0677. The van der Waals surface area contributed by atoms with Crippen molar-refractivity contribution in [3.05, 3.63) is 45.5 Å². The highest BCUT2D eigenvalue weighted by Crippen LogP contribution is 2.38. The Bertz CT molecular complexity index is 754. The second kappa shape index (κ2) is 6.36. The zero-order valence-corrected chi connectivity index (χ0v) is 13.3. The van der Waals surface area contributed by atoms with Crippen molar-refractivity contribution in [2.45, 2.75) is 45.6 Å². The highest BCUT2D eigenvalue weighted by Gasteiger charge is 2.25. The molecule has 122 valence electrons.